The van der Waals surface area contributed by atoms with Gasteiger partial charge in [0.05, 0.1) is 0 Å². The van der Waals surface area contributed by atoms with Crippen LogP contribution in [0.3, 0.4) is 0 Å². The third kappa shape index (κ3) is 6.28. The Balaban J connectivity index is 2.81. The van der Waals surface area contributed by atoms with E-state index in [1.165, 1.54) is 0 Å². The van der Waals surface area contributed by atoms with Gasteiger partial charge in [-0.05, 0) is 0 Å². The van der Waals surface area contributed by atoms with E-state index in [-0.39, 0.29) is 0 Å². The summed E-state index contributed by atoms with van der Waals surface area (Å²) in [5.74, 6) is 1.89. The van der Waals surface area contributed by atoms with Crippen LogP contribution in [0.25, 0.3) is 0 Å². The molecule has 0 aromatic carbocycles. The topological polar surface area (TPSA) is 0 Å². The van der Waals surface area contributed by atoms with Gasteiger partial charge in [-0.25, -0.2) is 0 Å². The first-order chi connectivity index (χ1) is 3.27. The Morgan fingerprint density at radius 2 is 2.29 bits per heavy atom. The SMILES string of the molecule is [B]=CSCC(C)C. The Bertz CT molecular complexity index is 52.0. The zero-order valence-corrected chi connectivity index (χ0v) is 5.66. The van der Waals surface area contributed by atoms with Gasteiger partial charge >= 0.3 is 50.1 Å². The number of rotatable bonds is 3. The molecule has 0 bridgehead atoms. The van der Waals surface area contributed by atoms with E-state index in [9.17, 15) is 0 Å². The molecule has 0 aromatic rings. The van der Waals surface area contributed by atoms with E-state index in [2.05, 4.69) is 13.8 Å². The fraction of sp³-hybridized carbons (Fsp3) is 0.800. The predicted molar refractivity (Wildman–Crippen MR) is 39.1 cm³/mol. The molecule has 2 heteroatoms. The maximum absolute atomic E-state index is 5.11. The van der Waals surface area contributed by atoms with E-state index in [0.29, 0.717) is 0 Å². The van der Waals surface area contributed by atoms with E-state index in [4.69, 9.17) is 7.49 Å². The van der Waals surface area contributed by atoms with Crippen LogP contribution < -0.4 is 0 Å². The average molecular weight is 113 g/mol. The molecule has 1 radical (unpaired) electrons. The molecule has 0 unspecified atom stereocenters. The number of hydrogen-bond acceptors (Lipinski definition) is 1. The summed E-state index contributed by atoms with van der Waals surface area (Å²) in [7, 11) is 5.11. The van der Waals surface area contributed by atoms with Crippen molar-refractivity contribution >= 4 is 24.5 Å². The van der Waals surface area contributed by atoms with Crippen molar-refractivity contribution in [3.8, 4) is 0 Å². The van der Waals surface area contributed by atoms with E-state index >= 15 is 0 Å². The Morgan fingerprint density at radius 1 is 1.71 bits per heavy atom. The van der Waals surface area contributed by atoms with Gasteiger partial charge in [-0.3, -0.25) is 0 Å². The van der Waals surface area contributed by atoms with Crippen LogP contribution in [0.4, 0.5) is 0 Å². The number of thioether (sulfide) groups is 1. The minimum atomic E-state index is 0.754. The first-order valence-electron chi connectivity index (χ1n) is 2.42. The van der Waals surface area contributed by atoms with E-state index in [1.54, 1.807) is 17.1 Å². The van der Waals surface area contributed by atoms with Crippen LogP contribution in [0, 0.1) is 5.92 Å². The molecule has 0 N–H and O–H groups in total. The molecule has 0 saturated carbocycles. The van der Waals surface area contributed by atoms with Gasteiger partial charge in [-0.2, -0.15) is 0 Å². The van der Waals surface area contributed by atoms with Crippen molar-refractivity contribution in [2.45, 2.75) is 13.8 Å². The average Bonchev–Trinajstić information content (AvgIpc) is 1.61. The van der Waals surface area contributed by atoms with Gasteiger partial charge in [-0.1, -0.05) is 0 Å². The van der Waals surface area contributed by atoms with Gasteiger partial charge in [0.25, 0.3) is 0 Å². The molecule has 0 nitrogen and oxygen atoms in total. The maximum atomic E-state index is 5.11. The molecule has 0 atom stereocenters. The van der Waals surface area contributed by atoms with Gasteiger partial charge in [0.2, 0.25) is 0 Å². The molecule has 0 rings (SSSR count). The molecule has 0 fully saturated rings. The summed E-state index contributed by atoms with van der Waals surface area (Å²) < 4.78 is 0. The van der Waals surface area contributed by atoms with Crippen molar-refractivity contribution in [2.24, 2.45) is 5.92 Å². The Hall–Kier alpha value is 0.285. The second-order valence-electron chi connectivity index (χ2n) is 1.86. The fourth-order valence-corrected chi connectivity index (χ4v) is 0.744. The normalized spacial score (nSPS) is 9.43. The van der Waals surface area contributed by atoms with Crippen molar-refractivity contribution in [3.05, 3.63) is 0 Å². The van der Waals surface area contributed by atoms with Crippen molar-refractivity contribution in [2.75, 3.05) is 5.75 Å². The Morgan fingerprint density at radius 3 is 2.43 bits per heavy atom. The second kappa shape index (κ2) is 4.44. The van der Waals surface area contributed by atoms with Crippen LogP contribution >= 0.6 is 11.8 Å². The summed E-state index contributed by atoms with van der Waals surface area (Å²) in [4.78, 5) is 0. The molecule has 0 aliphatic heterocycles. The predicted octanol–water partition coefficient (Wildman–Crippen LogP) is 1.30. The van der Waals surface area contributed by atoms with Gasteiger partial charge in [-0.15, -0.1) is 0 Å². The van der Waals surface area contributed by atoms with Crippen LogP contribution in [0.1, 0.15) is 13.8 Å². The van der Waals surface area contributed by atoms with Crippen LogP contribution in [0.2, 0.25) is 0 Å². The molecule has 0 saturated heterocycles. The third-order valence-electron chi connectivity index (χ3n) is 0.526. The summed E-state index contributed by atoms with van der Waals surface area (Å²) in [6.45, 7) is 4.35. The molecule has 39 valence electrons. The van der Waals surface area contributed by atoms with Gasteiger partial charge in [0.1, 0.15) is 0 Å². The molecule has 0 aliphatic carbocycles. The van der Waals surface area contributed by atoms with Crippen LogP contribution in [0.5, 0.6) is 0 Å². The number of hydrogen-bond donors (Lipinski definition) is 0. The first-order valence-corrected chi connectivity index (χ1v) is 3.47. The van der Waals surface area contributed by atoms with Crippen LogP contribution in [-0.4, -0.2) is 18.5 Å². The molecule has 0 heterocycles. The summed E-state index contributed by atoms with van der Waals surface area (Å²) in [6.07, 6.45) is 0. The summed E-state index contributed by atoms with van der Waals surface area (Å²) in [5, 5.41) is 1.64. The summed E-state index contributed by atoms with van der Waals surface area (Å²) >= 11 is 1.67. The zero-order chi connectivity index (χ0) is 5.70. The van der Waals surface area contributed by atoms with Crippen LogP contribution in [0.15, 0.2) is 0 Å². The molecular formula is C5H10BS. The third-order valence-corrected chi connectivity index (χ3v) is 1.58. The van der Waals surface area contributed by atoms with Gasteiger partial charge < -0.3 is 0 Å². The standard InChI is InChI=1S/C5H10BS/c1-5(2)3-7-4-6/h4-5H,3H2,1-2H3. The summed E-state index contributed by atoms with van der Waals surface area (Å²) in [5.41, 5.74) is 0. The summed E-state index contributed by atoms with van der Waals surface area (Å²) in [6, 6.07) is 0. The monoisotopic (exact) mass is 113 g/mol. The van der Waals surface area contributed by atoms with Crippen molar-refractivity contribution < 1.29 is 0 Å². The minimum absolute atomic E-state index is 0.754. The van der Waals surface area contributed by atoms with Crippen molar-refractivity contribution in [1.82, 2.24) is 0 Å². The van der Waals surface area contributed by atoms with Crippen molar-refractivity contribution in [3.63, 3.8) is 0 Å². The van der Waals surface area contributed by atoms with E-state index in [1.807, 2.05) is 0 Å². The van der Waals surface area contributed by atoms with Gasteiger partial charge in [0, 0.05) is 0 Å². The molecule has 0 spiro atoms. The molecule has 0 aromatic heterocycles. The van der Waals surface area contributed by atoms with E-state index < -0.39 is 0 Å². The molecule has 0 aliphatic rings. The van der Waals surface area contributed by atoms with E-state index in [0.717, 1.165) is 11.7 Å². The second-order valence-corrected chi connectivity index (χ2v) is 2.80. The molecular weight excluding hydrogens is 103 g/mol. The van der Waals surface area contributed by atoms with Crippen molar-refractivity contribution in [1.29, 1.82) is 0 Å². The zero-order valence-electron chi connectivity index (χ0n) is 4.85. The quantitative estimate of drug-likeness (QED) is 0.497. The Labute approximate surface area is 50.8 Å². The fourth-order valence-electron chi connectivity index (χ4n) is 0.248. The molecule has 0 amide bonds. The van der Waals surface area contributed by atoms with Crippen LogP contribution in [-0.2, 0) is 0 Å². The van der Waals surface area contributed by atoms with Gasteiger partial charge in [0.15, 0.2) is 0 Å². The Kier molecular flexibility index (Phi) is 4.62. The molecule has 7 heavy (non-hydrogen) atoms. The first kappa shape index (κ1) is 7.28.